The van der Waals surface area contributed by atoms with Gasteiger partial charge < -0.3 is 0 Å². The van der Waals surface area contributed by atoms with E-state index in [0.717, 1.165) is 24.3 Å². The molecule has 2 aliphatic carbocycles. The summed E-state index contributed by atoms with van der Waals surface area (Å²) >= 11 is 0.257. The highest BCUT2D eigenvalue weighted by molar-refractivity contribution is 7.99. The van der Waals surface area contributed by atoms with Gasteiger partial charge >= 0.3 is 6.18 Å². The van der Waals surface area contributed by atoms with Gasteiger partial charge in [-0.15, -0.1) is 0 Å². The maximum absolute atomic E-state index is 13.1. The number of alkyl halides is 4. The second-order valence-electron chi connectivity index (χ2n) is 5.67. The van der Waals surface area contributed by atoms with E-state index in [1.54, 1.807) is 12.1 Å². The molecule has 110 valence electrons. The minimum Gasteiger partial charge on any atom is -0.225 e. The summed E-state index contributed by atoms with van der Waals surface area (Å²) in [7, 11) is 0. The summed E-state index contributed by atoms with van der Waals surface area (Å²) in [6.07, 6.45) is 0.917. The fourth-order valence-corrected chi connectivity index (χ4v) is 4.28. The fraction of sp³-hybridized carbons (Fsp3) is 0.600. The van der Waals surface area contributed by atoms with Gasteiger partial charge in [-0.3, -0.25) is 0 Å². The van der Waals surface area contributed by atoms with Gasteiger partial charge in [0.15, 0.2) is 0 Å². The van der Waals surface area contributed by atoms with Crippen LogP contribution in [0.1, 0.15) is 42.7 Å². The Bertz CT molecular complexity index is 497. The smallest absolute Gasteiger partial charge is 0.225 e. The van der Waals surface area contributed by atoms with Crippen molar-refractivity contribution in [1.82, 2.24) is 0 Å². The van der Waals surface area contributed by atoms with Crippen LogP contribution in [0.15, 0.2) is 23.1 Å². The van der Waals surface area contributed by atoms with E-state index in [1.165, 1.54) is 24.8 Å². The molecule has 1 aromatic carbocycles. The van der Waals surface area contributed by atoms with Gasteiger partial charge in [-0.05, 0) is 60.8 Å². The Morgan fingerprint density at radius 1 is 1.15 bits per heavy atom. The van der Waals surface area contributed by atoms with Crippen LogP contribution in [0.5, 0.6) is 0 Å². The van der Waals surface area contributed by atoms with Crippen LogP contribution in [0, 0.1) is 5.92 Å². The third-order valence-corrected chi connectivity index (χ3v) is 5.45. The summed E-state index contributed by atoms with van der Waals surface area (Å²) in [6.45, 7) is 0. The number of benzene rings is 1. The van der Waals surface area contributed by atoms with E-state index >= 15 is 0 Å². The molecule has 0 radical (unpaired) electrons. The lowest BCUT2D eigenvalue weighted by molar-refractivity contribution is -0.154. The molecule has 1 aromatic rings. The van der Waals surface area contributed by atoms with Crippen LogP contribution in [0.3, 0.4) is 0 Å². The molecule has 3 unspecified atom stereocenters. The number of hydrogen-bond acceptors (Lipinski definition) is 1. The molecule has 0 saturated heterocycles. The van der Waals surface area contributed by atoms with Crippen molar-refractivity contribution in [3.8, 4) is 0 Å². The first kappa shape index (κ1) is 14.2. The van der Waals surface area contributed by atoms with Crippen molar-refractivity contribution in [2.24, 2.45) is 5.92 Å². The van der Waals surface area contributed by atoms with Gasteiger partial charge in [-0.1, -0.05) is 24.2 Å². The van der Waals surface area contributed by atoms with E-state index in [2.05, 4.69) is 0 Å². The Balaban J connectivity index is 1.80. The highest BCUT2D eigenvalue weighted by atomic mass is 32.2. The average molecular weight is 304 g/mol. The number of halogens is 4. The molecule has 1 saturated carbocycles. The van der Waals surface area contributed by atoms with Crippen molar-refractivity contribution in [1.29, 1.82) is 0 Å². The normalized spacial score (nSPS) is 27.0. The molecule has 0 aromatic heterocycles. The van der Waals surface area contributed by atoms with Crippen molar-refractivity contribution in [2.45, 2.75) is 54.6 Å². The molecular weight excluding hydrogens is 288 g/mol. The molecule has 0 nitrogen and oxygen atoms in total. The number of fused-ring (bicyclic) bond motifs is 3. The lowest BCUT2D eigenvalue weighted by atomic mass is 9.77. The highest BCUT2D eigenvalue weighted by Crippen LogP contribution is 2.47. The van der Waals surface area contributed by atoms with E-state index in [9.17, 15) is 17.6 Å². The molecule has 0 N–H and O–H groups in total. The first-order chi connectivity index (χ1) is 9.45. The van der Waals surface area contributed by atoms with Crippen LogP contribution in [0.4, 0.5) is 17.6 Å². The molecule has 1 fully saturated rings. The highest BCUT2D eigenvalue weighted by Gasteiger charge is 2.41. The quantitative estimate of drug-likeness (QED) is 0.516. The molecule has 20 heavy (non-hydrogen) atoms. The summed E-state index contributed by atoms with van der Waals surface area (Å²) in [5, 5.41) is 0. The predicted molar refractivity (Wildman–Crippen MR) is 71.7 cm³/mol. The zero-order chi connectivity index (χ0) is 14.3. The van der Waals surface area contributed by atoms with E-state index in [1.807, 2.05) is 6.07 Å². The second-order valence-corrected chi connectivity index (χ2v) is 6.79. The molecule has 0 spiro atoms. The van der Waals surface area contributed by atoms with Crippen molar-refractivity contribution in [3.05, 3.63) is 29.3 Å². The van der Waals surface area contributed by atoms with Crippen LogP contribution < -0.4 is 0 Å². The standard InChI is InChI=1S/C15H16F4S/c16-14(15(17,18)19)20-11-6-7-13-10(8-11)5-4-9-2-1-3-12(9)13/h6-9,12,14H,1-5H2. The van der Waals surface area contributed by atoms with Crippen LogP contribution in [0.2, 0.25) is 0 Å². The van der Waals surface area contributed by atoms with E-state index in [-0.39, 0.29) is 11.8 Å². The molecule has 3 rings (SSSR count). The predicted octanol–water partition coefficient (Wildman–Crippen LogP) is 5.47. The van der Waals surface area contributed by atoms with Crippen molar-refractivity contribution in [2.75, 3.05) is 0 Å². The molecular formula is C15H16F4S. The largest absolute Gasteiger partial charge is 0.429 e. The molecule has 2 aliphatic rings. The van der Waals surface area contributed by atoms with E-state index < -0.39 is 11.7 Å². The lowest BCUT2D eigenvalue weighted by Gasteiger charge is -2.28. The molecule has 0 aliphatic heterocycles. The summed E-state index contributed by atoms with van der Waals surface area (Å²) in [5.74, 6) is 1.31. The average Bonchev–Trinajstić information content (AvgIpc) is 2.85. The first-order valence-corrected chi connectivity index (χ1v) is 7.83. The van der Waals surface area contributed by atoms with Gasteiger partial charge in [-0.25, -0.2) is 4.39 Å². The van der Waals surface area contributed by atoms with Crippen molar-refractivity contribution < 1.29 is 17.6 Å². The SMILES string of the molecule is FC(Sc1ccc2c(c1)CCC1CCCC21)C(F)(F)F. The summed E-state index contributed by atoms with van der Waals surface area (Å²) in [6, 6.07) is 5.32. The van der Waals surface area contributed by atoms with Crippen LogP contribution in [-0.2, 0) is 6.42 Å². The molecule has 5 heteroatoms. The van der Waals surface area contributed by atoms with Gasteiger partial charge in [0.2, 0.25) is 5.50 Å². The number of hydrogen-bond donors (Lipinski definition) is 0. The third-order valence-electron chi connectivity index (χ3n) is 4.45. The van der Waals surface area contributed by atoms with Crippen LogP contribution >= 0.6 is 11.8 Å². The molecule has 0 bridgehead atoms. The first-order valence-electron chi connectivity index (χ1n) is 6.95. The van der Waals surface area contributed by atoms with Gasteiger partial charge in [0.05, 0.1) is 0 Å². The lowest BCUT2D eigenvalue weighted by Crippen LogP contribution is -2.21. The maximum Gasteiger partial charge on any atom is 0.429 e. The fourth-order valence-electron chi connectivity index (χ4n) is 3.55. The second kappa shape index (κ2) is 5.24. The monoisotopic (exact) mass is 304 g/mol. The Kier molecular flexibility index (Phi) is 3.73. The molecule has 3 atom stereocenters. The third kappa shape index (κ3) is 2.69. The number of aryl methyl sites for hydroxylation is 1. The summed E-state index contributed by atoms with van der Waals surface area (Å²) in [4.78, 5) is 0.380. The number of rotatable bonds is 2. The summed E-state index contributed by atoms with van der Waals surface area (Å²) in [5.41, 5.74) is -0.443. The topological polar surface area (TPSA) is 0 Å². The van der Waals surface area contributed by atoms with E-state index in [4.69, 9.17) is 0 Å². The summed E-state index contributed by atoms with van der Waals surface area (Å²) < 4.78 is 49.8. The minimum atomic E-state index is -4.79. The molecule has 0 amide bonds. The van der Waals surface area contributed by atoms with Gasteiger partial charge in [-0.2, -0.15) is 13.2 Å². The van der Waals surface area contributed by atoms with Crippen LogP contribution in [0.25, 0.3) is 0 Å². The van der Waals surface area contributed by atoms with Gasteiger partial charge in [0, 0.05) is 4.90 Å². The Labute approximate surface area is 119 Å². The zero-order valence-electron chi connectivity index (χ0n) is 10.9. The van der Waals surface area contributed by atoms with Crippen molar-refractivity contribution in [3.63, 3.8) is 0 Å². The Hall–Kier alpha value is -0.710. The zero-order valence-corrected chi connectivity index (χ0v) is 11.7. The van der Waals surface area contributed by atoms with Gasteiger partial charge in [0.25, 0.3) is 0 Å². The number of thioether (sulfide) groups is 1. The van der Waals surface area contributed by atoms with Crippen LogP contribution in [-0.4, -0.2) is 11.7 Å². The van der Waals surface area contributed by atoms with Crippen molar-refractivity contribution >= 4 is 11.8 Å². The Morgan fingerprint density at radius 2 is 1.95 bits per heavy atom. The van der Waals surface area contributed by atoms with Gasteiger partial charge in [0.1, 0.15) is 0 Å². The maximum atomic E-state index is 13.1. The molecule has 0 heterocycles. The minimum absolute atomic E-state index is 0.257. The Morgan fingerprint density at radius 3 is 2.70 bits per heavy atom. The van der Waals surface area contributed by atoms with E-state index in [0.29, 0.717) is 10.8 Å².